The van der Waals surface area contributed by atoms with Crippen LogP contribution in [0.15, 0.2) is 0 Å². The van der Waals surface area contributed by atoms with Gasteiger partial charge in [-0.3, -0.25) is 0 Å². The third-order valence-corrected chi connectivity index (χ3v) is 4.61. The Morgan fingerprint density at radius 2 is 1.81 bits per heavy atom. The number of hydrogen-bond donors (Lipinski definition) is 1. The minimum Gasteiger partial charge on any atom is -0.381 e. The van der Waals surface area contributed by atoms with Crippen LogP contribution in [0.5, 0.6) is 0 Å². The molecular formula is C14H27NO. The number of rotatable bonds is 2. The summed E-state index contributed by atoms with van der Waals surface area (Å²) in [5.41, 5.74) is 0. The fourth-order valence-electron chi connectivity index (χ4n) is 3.19. The number of nitrogens with one attached hydrogen (secondary N) is 1. The Hall–Kier alpha value is -0.0800. The van der Waals surface area contributed by atoms with Gasteiger partial charge in [0, 0.05) is 25.3 Å². The van der Waals surface area contributed by atoms with E-state index in [9.17, 15) is 0 Å². The summed E-state index contributed by atoms with van der Waals surface area (Å²) in [6.07, 6.45) is 7.95. The van der Waals surface area contributed by atoms with Crippen LogP contribution in [-0.4, -0.2) is 25.3 Å². The highest BCUT2D eigenvalue weighted by Crippen LogP contribution is 2.30. The van der Waals surface area contributed by atoms with Crippen molar-refractivity contribution in [2.45, 2.75) is 64.5 Å². The normalized spacial score (nSPS) is 41.6. The second-order valence-corrected chi connectivity index (χ2v) is 5.78. The van der Waals surface area contributed by atoms with Gasteiger partial charge >= 0.3 is 0 Å². The zero-order chi connectivity index (χ0) is 11.4. The van der Waals surface area contributed by atoms with Crippen molar-refractivity contribution in [3.8, 4) is 0 Å². The van der Waals surface area contributed by atoms with Gasteiger partial charge in [0.2, 0.25) is 0 Å². The zero-order valence-electron chi connectivity index (χ0n) is 10.9. The molecule has 2 heteroatoms. The van der Waals surface area contributed by atoms with Gasteiger partial charge in [0.05, 0.1) is 0 Å². The van der Waals surface area contributed by atoms with Crippen molar-refractivity contribution in [3.05, 3.63) is 0 Å². The molecule has 4 unspecified atom stereocenters. The molecule has 0 bridgehead atoms. The molecule has 1 saturated heterocycles. The predicted molar refractivity (Wildman–Crippen MR) is 67.6 cm³/mol. The Bertz CT molecular complexity index is 199. The summed E-state index contributed by atoms with van der Waals surface area (Å²) in [4.78, 5) is 0. The van der Waals surface area contributed by atoms with Crippen molar-refractivity contribution in [1.82, 2.24) is 5.32 Å². The molecule has 0 spiro atoms. The van der Waals surface area contributed by atoms with Crippen LogP contribution in [0.1, 0.15) is 52.4 Å². The molecule has 0 aromatic carbocycles. The van der Waals surface area contributed by atoms with E-state index < -0.39 is 0 Å². The molecule has 2 nitrogen and oxygen atoms in total. The molecule has 2 aliphatic rings. The summed E-state index contributed by atoms with van der Waals surface area (Å²) in [6.45, 7) is 6.76. The Kier molecular flexibility index (Phi) is 4.66. The van der Waals surface area contributed by atoms with Gasteiger partial charge in [0.1, 0.15) is 0 Å². The van der Waals surface area contributed by atoms with E-state index in [1.54, 1.807) is 0 Å². The van der Waals surface area contributed by atoms with Gasteiger partial charge in [0.15, 0.2) is 0 Å². The van der Waals surface area contributed by atoms with Gasteiger partial charge in [-0.25, -0.2) is 0 Å². The first kappa shape index (κ1) is 12.4. The van der Waals surface area contributed by atoms with Crippen molar-refractivity contribution in [2.24, 2.45) is 11.8 Å². The summed E-state index contributed by atoms with van der Waals surface area (Å²) in [7, 11) is 0. The van der Waals surface area contributed by atoms with Gasteiger partial charge in [-0.2, -0.15) is 0 Å². The molecule has 0 aromatic rings. The monoisotopic (exact) mass is 225 g/mol. The van der Waals surface area contributed by atoms with Gasteiger partial charge < -0.3 is 10.1 Å². The highest BCUT2D eigenvalue weighted by molar-refractivity contribution is 4.85. The predicted octanol–water partition coefficient (Wildman–Crippen LogP) is 2.97. The largest absolute Gasteiger partial charge is 0.381 e. The SMILES string of the molecule is CC1CCCC(NC2CCCOCC2)C1C. The lowest BCUT2D eigenvalue weighted by atomic mass is 9.77. The maximum atomic E-state index is 5.52. The van der Waals surface area contributed by atoms with Crippen molar-refractivity contribution in [2.75, 3.05) is 13.2 Å². The molecule has 0 aromatic heterocycles. The summed E-state index contributed by atoms with van der Waals surface area (Å²) in [6, 6.07) is 1.46. The molecule has 0 amide bonds. The van der Waals surface area contributed by atoms with E-state index in [2.05, 4.69) is 19.2 Å². The van der Waals surface area contributed by atoms with E-state index in [1.165, 1.54) is 38.5 Å². The third-order valence-electron chi connectivity index (χ3n) is 4.61. The van der Waals surface area contributed by atoms with Crippen LogP contribution in [0.25, 0.3) is 0 Å². The minimum absolute atomic E-state index is 0.709. The minimum atomic E-state index is 0.709. The van der Waals surface area contributed by atoms with Crippen molar-refractivity contribution < 1.29 is 4.74 Å². The third kappa shape index (κ3) is 3.21. The lowest BCUT2D eigenvalue weighted by Crippen LogP contribution is -2.45. The highest BCUT2D eigenvalue weighted by Gasteiger charge is 2.28. The molecule has 0 radical (unpaired) electrons. The summed E-state index contributed by atoms with van der Waals surface area (Å²) >= 11 is 0. The van der Waals surface area contributed by atoms with E-state index in [-0.39, 0.29) is 0 Å². The number of hydrogen-bond acceptors (Lipinski definition) is 2. The van der Waals surface area contributed by atoms with Crippen LogP contribution >= 0.6 is 0 Å². The van der Waals surface area contributed by atoms with Crippen molar-refractivity contribution in [3.63, 3.8) is 0 Å². The lowest BCUT2D eigenvalue weighted by molar-refractivity contribution is 0.139. The first-order valence-corrected chi connectivity index (χ1v) is 7.11. The molecule has 94 valence electrons. The maximum Gasteiger partial charge on any atom is 0.0480 e. The summed E-state index contributed by atoms with van der Waals surface area (Å²) in [5, 5.41) is 3.90. The average Bonchev–Trinajstić information content (AvgIpc) is 2.53. The lowest BCUT2D eigenvalue weighted by Gasteiger charge is -2.37. The Labute approximate surface area is 100 Å². The second-order valence-electron chi connectivity index (χ2n) is 5.78. The second kappa shape index (κ2) is 6.02. The van der Waals surface area contributed by atoms with E-state index >= 15 is 0 Å². The quantitative estimate of drug-likeness (QED) is 0.780. The first-order chi connectivity index (χ1) is 7.77. The fraction of sp³-hybridized carbons (Fsp3) is 1.00. The first-order valence-electron chi connectivity index (χ1n) is 7.11. The van der Waals surface area contributed by atoms with E-state index in [0.717, 1.165) is 31.1 Å². The standard InChI is InChI=1S/C14H27NO/c1-11-5-3-7-14(12(11)2)15-13-6-4-9-16-10-8-13/h11-15H,3-10H2,1-2H3. The van der Waals surface area contributed by atoms with Crippen LogP contribution in [0.4, 0.5) is 0 Å². The maximum absolute atomic E-state index is 5.52. The van der Waals surface area contributed by atoms with Gasteiger partial charge in [-0.15, -0.1) is 0 Å². The summed E-state index contributed by atoms with van der Waals surface area (Å²) in [5.74, 6) is 1.74. The molecular weight excluding hydrogens is 198 g/mol. The van der Waals surface area contributed by atoms with Crippen LogP contribution in [0, 0.1) is 11.8 Å². The molecule has 16 heavy (non-hydrogen) atoms. The van der Waals surface area contributed by atoms with E-state index in [4.69, 9.17) is 4.74 Å². The Morgan fingerprint density at radius 1 is 0.938 bits per heavy atom. The van der Waals surface area contributed by atoms with Crippen LogP contribution in [-0.2, 0) is 4.74 Å². The smallest absolute Gasteiger partial charge is 0.0480 e. The Morgan fingerprint density at radius 3 is 2.69 bits per heavy atom. The molecule has 1 aliphatic carbocycles. The molecule has 2 rings (SSSR count). The van der Waals surface area contributed by atoms with Gasteiger partial charge in [-0.05, 0) is 37.5 Å². The number of ether oxygens (including phenoxy) is 1. The highest BCUT2D eigenvalue weighted by atomic mass is 16.5. The van der Waals surface area contributed by atoms with Crippen molar-refractivity contribution >= 4 is 0 Å². The van der Waals surface area contributed by atoms with Crippen LogP contribution < -0.4 is 5.32 Å². The van der Waals surface area contributed by atoms with Crippen LogP contribution in [0.3, 0.4) is 0 Å². The van der Waals surface area contributed by atoms with Crippen LogP contribution in [0.2, 0.25) is 0 Å². The average molecular weight is 225 g/mol. The van der Waals surface area contributed by atoms with E-state index in [1.807, 2.05) is 0 Å². The molecule has 2 fully saturated rings. The molecule has 4 atom stereocenters. The Balaban J connectivity index is 1.82. The van der Waals surface area contributed by atoms with Gasteiger partial charge in [-0.1, -0.05) is 26.7 Å². The fourth-order valence-corrected chi connectivity index (χ4v) is 3.19. The molecule has 1 saturated carbocycles. The summed E-state index contributed by atoms with van der Waals surface area (Å²) < 4.78 is 5.52. The topological polar surface area (TPSA) is 21.3 Å². The molecule has 1 aliphatic heterocycles. The molecule has 1 N–H and O–H groups in total. The van der Waals surface area contributed by atoms with E-state index in [0.29, 0.717) is 6.04 Å². The molecule has 1 heterocycles. The zero-order valence-corrected chi connectivity index (χ0v) is 10.9. The van der Waals surface area contributed by atoms with Crippen molar-refractivity contribution in [1.29, 1.82) is 0 Å². The van der Waals surface area contributed by atoms with Gasteiger partial charge in [0.25, 0.3) is 0 Å².